The molecule has 0 aliphatic heterocycles. The third kappa shape index (κ3) is 1.82. The molecule has 0 radical (unpaired) electrons. The zero-order valence-electron chi connectivity index (χ0n) is 10.2. The average molecular weight is 267 g/mol. The molecule has 2 aromatic heterocycles. The fourth-order valence-corrected chi connectivity index (χ4v) is 3.00. The SMILES string of the molecule is Cc1nc(Cl)c2[nH]c(=O)n(C3CCCCC3)c2n1. The standard InChI is InChI=1S/C12H15ClN4O/c1-7-14-10(13)9-11(15-7)17(12(18)16-9)8-5-3-2-4-6-8/h8H,2-6H2,1H3,(H,16,18). The fraction of sp³-hybridized carbons (Fsp3) is 0.583. The van der Waals surface area contributed by atoms with Crippen molar-refractivity contribution in [3.8, 4) is 0 Å². The number of halogens is 1. The van der Waals surface area contributed by atoms with Gasteiger partial charge in [-0.3, -0.25) is 4.57 Å². The van der Waals surface area contributed by atoms with E-state index in [4.69, 9.17) is 11.6 Å². The monoisotopic (exact) mass is 266 g/mol. The van der Waals surface area contributed by atoms with E-state index in [0.717, 1.165) is 12.8 Å². The topological polar surface area (TPSA) is 63.6 Å². The van der Waals surface area contributed by atoms with Crippen molar-refractivity contribution in [3.05, 3.63) is 21.5 Å². The summed E-state index contributed by atoms with van der Waals surface area (Å²) in [5.74, 6) is 0.594. The van der Waals surface area contributed by atoms with E-state index in [1.54, 1.807) is 11.5 Å². The highest BCUT2D eigenvalue weighted by atomic mass is 35.5. The van der Waals surface area contributed by atoms with Crippen molar-refractivity contribution < 1.29 is 0 Å². The van der Waals surface area contributed by atoms with E-state index >= 15 is 0 Å². The minimum absolute atomic E-state index is 0.126. The number of hydrogen-bond acceptors (Lipinski definition) is 3. The van der Waals surface area contributed by atoms with Gasteiger partial charge in [-0.1, -0.05) is 30.9 Å². The van der Waals surface area contributed by atoms with Crippen LogP contribution in [0, 0.1) is 6.92 Å². The summed E-state index contributed by atoms with van der Waals surface area (Å²) < 4.78 is 1.76. The Morgan fingerprint density at radius 2 is 2.00 bits per heavy atom. The Kier molecular flexibility index (Phi) is 2.86. The third-order valence-electron chi connectivity index (χ3n) is 3.58. The Bertz CT molecular complexity index is 639. The van der Waals surface area contributed by atoms with Crippen molar-refractivity contribution in [1.29, 1.82) is 0 Å². The maximum absolute atomic E-state index is 12.1. The molecular weight excluding hydrogens is 252 g/mol. The van der Waals surface area contributed by atoms with Crippen LogP contribution in [0.1, 0.15) is 44.0 Å². The number of aromatic amines is 1. The predicted octanol–water partition coefficient (Wildman–Crippen LogP) is 2.59. The minimum Gasteiger partial charge on any atom is -0.302 e. The molecule has 18 heavy (non-hydrogen) atoms. The van der Waals surface area contributed by atoms with Crippen LogP contribution in [-0.4, -0.2) is 19.5 Å². The lowest BCUT2D eigenvalue weighted by Gasteiger charge is -2.22. The molecule has 2 aromatic rings. The van der Waals surface area contributed by atoms with Crippen molar-refractivity contribution >= 4 is 22.8 Å². The van der Waals surface area contributed by atoms with E-state index in [1.807, 2.05) is 0 Å². The zero-order chi connectivity index (χ0) is 12.7. The Hall–Kier alpha value is -1.36. The molecular formula is C12H15ClN4O. The molecule has 96 valence electrons. The highest BCUT2D eigenvalue weighted by molar-refractivity contribution is 6.33. The molecule has 0 amide bonds. The van der Waals surface area contributed by atoms with Crippen LogP contribution in [0.15, 0.2) is 4.79 Å². The molecule has 2 heterocycles. The molecule has 0 bridgehead atoms. The van der Waals surface area contributed by atoms with Gasteiger partial charge in [-0.15, -0.1) is 0 Å². The summed E-state index contributed by atoms with van der Waals surface area (Å²) >= 11 is 6.05. The number of hydrogen-bond donors (Lipinski definition) is 1. The lowest BCUT2D eigenvalue weighted by molar-refractivity contribution is 0.352. The quantitative estimate of drug-likeness (QED) is 0.807. The van der Waals surface area contributed by atoms with E-state index < -0.39 is 0 Å². The Morgan fingerprint density at radius 3 is 2.72 bits per heavy atom. The highest BCUT2D eigenvalue weighted by Gasteiger charge is 2.22. The fourth-order valence-electron chi connectivity index (χ4n) is 2.75. The number of fused-ring (bicyclic) bond motifs is 1. The van der Waals surface area contributed by atoms with Gasteiger partial charge in [-0.25, -0.2) is 14.8 Å². The van der Waals surface area contributed by atoms with Gasteiger partial charge in [0.05, 0.1) is 0 Å². The zero-order valence-corrected chi connectivity index (χ0v) is 11.0. The largest absolute Gasteiger partial charge is 0.328 e. The number of nitrogens with zero attached hydrogens (tertiary/aromatic N) is 3. The maximum Gasteiger partial charge on any atom is 0.328 e. The first-order valence-electron chi connectivity index (χ1n) is 6.31. The Labute approximate surface area is 109 Å². The second-order valence-electron chi connectivity index (χ2n) is 4.85. The smallest absolute Gasteiger partial charge is 0.302 e. The molecule has 1 N–H and O–H groups in total. The molecule has 0 spiro atoms. The summed E-state index contributed by atoms with van der Waals surface area (Å²) in [6, 6.07) is 0.241. The first-order valence-corrected chi connectivity index (χ1v) is 6.69. The molecule has 0 atom stereocenters. The first kappa shape index (κ1) is 11.7. The van der Waals surface area contributed by atoms with E-state index in [-0.39, 0.29) is 11.7 Å². The molecule has 1 fully saturated rings. The number of H-pyrrole nitrogens is 1. The Balaban J connectivity index is 2.21. The molecule has 6 heteroatoms. The van der Waals surface area contributed by atoms with Crippen molar-refractivity contribution in [2.75, 3.05) is 0 Å². The summed E-state index contributed by atoms with van der Waals surface area (Å²) in [6.07, 6.45) is 5.66. The van der Waals surface area contributed by atoms with Crippen LogP contribution in [0.5, 0.6) is 0 Å². The number of nitrogens with one attached hydrogen (secondary N) is 1. The molecule has 0 aromatic carbocycles. The minimum atomic E-state index is -0.126. The van der Waals surface area contributed by atoms with Crippen molar-refractivity contribution in [1.82, 2.24) is 19.5 Å². The number of imidazole rings is 1. The third-order valence-corrected chi connectivity index (χ3v) is 3.85. The van der Waals surface area contributed by atoms with Gasteiger partial charge in [0.1, 0.15) is 11.3 Å². The lowest BCUT2D eigenvalue weighted by Crippen LogP contribution is -2.24. The number of aryl methyl sites for hydroxylation is 1. The normalized spacial score (nSPS) is 17.4. The van der Waals surface area contributed by atoms with E-state index in [9.17, 15) is 4.79 Å². The van der Waals surface area contributed by atoms with E-state index in [2.05, 4.69) is 15.0 Å². The van der Waals surface area contributed by atoms with Gasteiger partial charge in [0.2, 0.25) is 0 Å². The lowest BCUT2D eigenvalue weighted by atomic mass is 9.95. The van der Waals surface area contributed by atoms with Crippen molar-refractivity contribution in [3.63, 3.8) is 0 Å². The molecule has 1 aliphatic carbocycles. The van der Waals surface area contributed by atoms with Crippen LogP contribution in [0.4, 0.5) is 0 Å². The van der Waals surface area contributed by atoms with Gasteiger partial charge in [0.15, 0.2) is 10.8 Å². The van der Waals surface area contributed by atoms with Gasteiger partial charge >= 0.3 is 5.69 Å². The van der Waals surface area contributed by atoms with Crippen LogP contribution in [0.3, 0.4) is 0 Å². The predicted molar refractivity (Wildman–Crippen MR) is 70.0 cm³/mol. The van der Waals surface area contributed by atoms with Gasteiger partial charge in [-0.05, 0) is 19.8 Å². The summed E-state index contributed by atoms with van der Waals surface area (Å²) in [5, 5.41) is 0.323. The second-order valence-corrected chi connectivity index (χ2v) is 5.21. The molecule has 5 nitrogen and oxygen atoms in total. The molecule has 0 unspecified atom stereocenters. The second kappa shape index (κ2) is 4.39. The molecule has 3 rings (SSSR count). The van der Waals surface area contributed by atoms with E-state index in [1.165, 1.54) is 19.3 Å². The van der Waals surface area contributed by atoms with Crippen LogP contribution in [0.25, 0.3) is 11.2 Å². The van der Waals surface area contributed by atoms with Gasteiger partial charge in [-0.2, -0.15) is 0 Å². The average Bonchev–Trinajstić information content (AvgIpc) is 2.67. The van der Waals surface area contributed by atoms with Crippen LogP contribution in [-0.2, 0) is 0 Å². The van der Waals surface area contributed by atoms with Crippen molar-refractivity contribution in [2.24, 2.45) is 0 Å². The Morgan fingerprint density at radius 1 is 1.28 bits per heavy atom. The van der Waals surface area contributed by atoms with E-state index in [0.29, 0.717) is 22.1 Å². The molecule has 1 aliphatic rings. The molecule has 0 saturated heterocycles. The summed E-state index contributed by atoms with van der Waals surface area (Å²) in [4.78, 5) is 23.3. The summed E-state index contributed by atoms with van der Waals surface area (Å²) in [7, 11) is 0. The van der Waals surface area contributed by atoms with Crippen LogP contribution >= 0.6 is 11.6 Å². The van der Waals surface area contributed by atoms with Gasteiger partial charge in [0.25, 0.3) is 0 Å². The number of aromatic nitrogens is 4. The summed E-state index contributed by atoms with van der Waals surface area (Å²) in [5.41, 5.74) is 1.07. The van der Waals surface area contributed by atoms with Gasteiger partial charge < -0.3 is 4.98 Å². The first-order chi connectivity index (χ1) is 8.66. The van der Waals surface area contributed by atoms with Crippen LogP contribution < -0.4 is 5.69 Å². The summed E-state index contributed by atoms with van der Waals surface area (Å²) in [6.45, 7) is 1.79. The highest BCUT2D eigenvalue weighted by Crippen LogP contribution is 2.29. The number of rotatable bonds is 1. The maximum atomic E-state index is 12.1. The van der Waals surface area contributed by atoms with Crippen LogP contribution in [0.2, 0.25) is 5.15 Å². The molecule has 1 saturated carbocycles. The van der Waals surface area contributed by atoms with Crippen molar-refractivity contribution in [2.45, 2.75) is 45.1 Å². The van der Waals surface area contributed by atoms with Gasteiger partial charge in [0, 0.05) is 6.04 Å².